The number of carbonyl (C=O) groups is 1. The summed E-state index contributed by atoms with van der Waals surface area (Å²) < 4.78 is 2.16. The number of carbonyl (C=O) groups excluding carboxylic acids is 1. The highest BCUT2D eigenvalue weighted by Gasteiger charge is 2.11. The fourth-order valence-corrected chi connectivity index (χ4v) is 2.71. The van der Waals surface area contributed by atoms with Crippen LogP contribution in [0.15, 0.2) is 47.4 Å². The van der Waals surface area contributed by atoms with Crippen molar-refractivity contribution in [3.63, 3.8) is 0 Å². The van der Waals surface area contributed by atoms with Crippen LogP contribution in [0.3, 0.4) is 0 Å². The second-order valence-electron chi connectivity index (χ2n) is 6.42. The molecule has 0 aliphatic rings. The van der Waals surface area contributed by atoms with E-state index < -0.39 is 5.91 Å². The molecule has 3 aromatic rings. The zero-order chi connectivity index (χ0) is 18.0. The summed E-state index contributed by atoms with van der Waals surface area (Å²) in [6, 6.07) is 11.1. The maximum atomic E-state index is 12.4. The van der Waals surface area contributed by atoms with Gasteiger partial charge in [-0.1, -0.05) is 6.07 Å². The Balaban J connectivity index is 1.84. The van der Waals surface area contributed by atoms with Crippen molar-refractivity contribution in [3.8, 4) is 0 Å². The SMILES string of the molecule is Cc1ccc(C(=O)Nc2ccc3ccn(CCN(C)C)c3c2)c(=O)[nH]1. The summed E-state index contributed by atoms with van der Waals surface area (Å²) in [5.41, 5.74) is 2.17. The number of H-pyrrole nitrogens is 1. The molecule has 3 rings (SSSR count). The third kappa shape index (κ3) is 3.80. The summed E-state index contributed by atoms with van der Waals surface area (Å²) in [6.07, 6.45) is 2.05. The lowest BCUT2D eigenvalue weighted by Gasteiger charge is -2.12. The number of pyridine rings is 1. The first-order valence-corrected chi connectivity index (χ1v) is 8.19. The number of amides is 1. The van der Waals surface area contributed by atoms with E-state index in [1.54, 1.807) is 19.1 Å². The van der Waals surface area contributed by atoms with Crippen molar-refractivity contribution in [1.29, 1.82) is 0 Å². The smallest absolute Gasteiger partial charge is 0.261 e. The number of hydrogen-bond donors (Lipinski definition) is 2. The third-order valence-electron chi connectivity index (χ3n) is 4.12. The Hall–Kier alpha value is -2.86. The van der Waals surface area contributed by atoms with E-state index in [0.717, 1.165) is 29.7 Å². The van der Waals surface area contributed by atoms with Crippen molar-refractivity contribution in [2.24, 2.45) is 0 Å². The zero-order valence-corrected chi connectivity index (χ0v) is 14.7. The molecule has 0 fully saturated rings. The first kappa shape index (κ1) is 17.0. The molecule has 130 valence electrons. The quantitative estimate of drug-likeness (QED) is 0.751. The van der Waals surface area contributed by atoms with Gasteiger partial charge < -0.3 is 19.8 Å². The van der Waals surface area contributed by atoms with Crippen LogP contribution in [0.25, 0.3) is 10.9 Å². The first-order chi connectivity index (χ1) is 11.9. The largest absolute Gasteiger partial charge is 0.346 e. The summed E-state index contributed by atoms with van der Waals surface area (Å²) in [7, 11) is 4.08. The van der Waals surface area contributed by atoms with Crippen molar-refractivity contribution >= 4 is 22.5 Å². The molecular formula is C19H22N4O2. The van der Waals surface area contributed by atoms with Crippen LogP contribution >= 0.6 is 0 Å². The van der Waals surface area contributed by atoms with Crippen LogP contribution < -0.4 is 10.9 Å². The second kappa shape index (κ2) is 6.94. The van der Waals surface area contributed by atoms with Crippen molar-refractivity contribution in [2.75, 3.05) is 26.0 Å². The average Bonchev–Trinajstić information content (AvgIpc) is 2.95. The molecule has 1 aromatic carbocycles. The standard InChI is InChI=1S/C19H22N4O2/c1-13-4-7-16(18(24)20-13)19(25)21-15-6-5-14-8-9-23(17(14)12-15)11-10-22(2)3/h4-9,12H,10-11H2,1-3H3,(H,20,24)(H,21,25). The van der Waals surface area contributed by atoms with Gasteiger partial charge in [-0.05, 0) is 56.7 Å². The number of aryl methyl sites for hydroxylation is 1. The predicted octanol–water partition coefficient (Wildman–Crippen LogP) is 2.45. The number of benzene rings is 1. The highest BCUT2D eigenvalue weighted by Crippen LogP contribution is 2.21. The van der Waals surface area contributed by atoms with Crippen LogP contribution in [0.1, 0.15) is 16.1 Å². The van der Waals surface area contributed by atoms with Crippen LogP contribution in [0, 0.1) is 6.92 Å². The molecule has 2 aromatic heterocycles. The van der Waals surface area contributed by atoms with E-state index >= 15 is 0 Å². The van der Waals surface area contributed by atoms with Gasteiger partial charge in [-0.15, -0.1) is 0 Å². The number of fused-ring (bicyclic) bond motifs is 1. The Morgan fingerprint density at radius 1 is 1.20 bits per heavy atom. The van der Waals surface area contributed by atoms with Crippen molar-refractivity contribution in [2.45, 2.75) is 13.5 Å². The molecule has 0 atom stereocenters. The highest BCUT2D eigenvalue weighted by atomic mass is 16.2. The number of anilines is 1. The lowest BCUT2D eigenvalue weighted by Crippen LogP contribution is -2.23. The van der Waals surface area contributed by atoms with E-state index in [2.05, 4.69) is 25.8 Å². The number of aromatic nitrogens is 2. The lowest BCUT2D eigenvalue weighted by molar-refractivity contribution is 0.102. The van der Waals surface area contributed by atoms with E-state index in [0.29, 0.717) is 5.69 Å². The molecule has 0 spiro atoms. The summed E-state index contributed by atoms with van der Waals surface area (Å²) in [6.45, 7) is 3.57. The second-order valence-corrected chi connectivity index (χ2v) is 6.42. The van der Waals surface area contributed by atoms with Crippen LogP contribution in [0.2, 0.25) is 0 Å². The normalized spacial score (nSPS) is 11.2. The van der Waals surface area contributed by atoms with Crippen LogP contribution in [0.4, 0.5) is 5.69 Å². The molecule has 6 heteroatoms. The number of rotatable bonds is 5. The summed E-state index contributed by atoms with van der Waals surface area (Å²) >= 11 is 0. The van der Waals surface area contributed by atoms with Gasteiger partial charge in [0.05, 0.1) is 5.52 Å². The summed E-state index contributed by atoms with van der Waals surface area (Å²) in [5.74, 6) is -0.410. The number of hydrogen-bond acceptors (Lipinski definition) is 3. The third-order valence-corrected chi connectivity index (χ3v) is 4.12. The topological polar surface area (TPSA) is 70.1 Å². The maximum Gasteiger partial charge on any atom is 0.261 e. The Bertz CT molecular complexity index is 969. The maximum absolute atomic E-state index is 12.4. The van der Waals surface area contributed by atoms with Crippen molar-refractivity contribution in [3.05, 3.63) is 64.2 Å². The lowest BCUT2D eigenvalue weighted by atomic mass is 10.2. The minimum Gasteiger partial charge on any atom is -0.346 e. The molecule has 0 saturated carbocycles. The molecule has 0 unspecified atom stereocenters. The predicted molar refractivity (Wildman–Crippen MR) is 100 cm³/mol. The molecule has 1 amide bonds. The van der Waals surface area contributed by atoms with Gasteiger partial charge in [0, 0.05) is 30.7 Å². The fraction of sp³-hybridized carbons (Fsp3) is 0.263. The van der Waals surface area contributed by atoms with Gasteiger partial charge in [0.25, 0.3) is 11.5 Å². The number of nitrogens with zero attached hydrogens (tertiary/aromatic N) is 2. The van der Waals surface area contributed by atoms with Gasteiger partial charge in [0.1, 0.15) is 5.56 Å². The summed E-state index contributed by atoms with van der Waals surface area (Å²) in [4.78, 5) is 29.1. The molecule has 25 heavy (non-hydrogen) atoms. The molecule has 2 heterocycles. The van der Waals surface area contributed by atoms with Crippen molar-refractivity contribution < 1.29 is 4.79 Å². The van der Waals surface area contributed by atoms with Crippen LogP contribution in [-0.2, 0) is 6.54 Å². The summed E-state index contributed by atoms with van der Waals surface area (Å²) in [5, 5.41) is 3.93. The van der Waals surface area contributed by atoms with E-state index in [-0.39, 0.29) is 11.1 Å². The molecular weight excluding hydrogens is 316 g/mol. The molecule has 6 nitrogen and oxygen atoms in total. The van der Waals surface area contributed by atoms with Crippen molar-refractivity contribution in [1.82, 2.24) is 14.5 Å². The molecule has 2 N–H and O–H groups in total. The van der Waals surface area contributed by atoms with Crippen LogP contribution in [-0.4, -0.2) is 41.0 Å². The van der Waals surface area contributed by atoms with E-state index in [1.165, 1.54) is 0 Å². The number of likely N-dealkylation sites (N-methyl/N-ethyl adjacent to an activating group) is 1. The first-order valence-electron chi connectivity index (χ1n) is 8.19. The highest BCUT2D eigenvalue weighted by molar-refractivity contribution is 6.04. The number of aromatic amines is 1. The van der Waals surface area contributed by atoms with Gasteiger partial charge in [0.2, 0.25) is 0 Å². The van der Waals surface area contributed by atoms with Gasteiger partial charge in [-0.2, -0.15) is 0 Å². The Labute approximate surface area is 146 Å². The number of nitrogens with one attached hydrogen (secondary N) is 2. The minimum atomic E-state index is -0.410. The Morgan fingerprint density at radius 2 is 2.00 bits per heavy atom. The Kier molecular flexibility index (Phi) is 4.72. The average molecular weight is 338 g/mol. The molecule has 0 bridgehead atoms. The van der Waals surface area contributed by atoms with Crippen LogP contribution in [0.5, 0.6) is 0 Å². The van der Waals surface area contributed by atoms with E-state index in [9.17, 15) is 9.59 Å². The van der Waals surface area contributed by atoms with Gasteiger partial charge in [0.15, 0.2) is 0 Å². The van der Waals surface area contributed by atoms with Gasteiger partial charge in [-0.25, -0.2) is 0 Å². The van der Waals surface area contributed by atoms with E-state index in [1.807, 2.05) is 38.5 Å². The zero-order valence-electron chi connectivity index (χ0n) is 14.7. The Morgan fingerprint density at radius 3 is 2.72 bits per heavy atom. The van der Waals surface area contributed by atoms with E-state index in [4.69, 9.17) is 0 Å². The monoisotopic (exact) mass is 338 g/mol. The molecule has 0 aliphatic heterocycles. The van der Waals surface area contributed by atoms with Gasteiger partial charge in [-0.3, -0.25) is 9.59 Å². The molecule has 0 saturated heterocycles. The molecule has 0 radical (unpaired) electrons. The van der Waals surface area contributed by atoms with Gasteiger partial charge >= 0.3 is 0 Å². The fourth-order valence-electron chi connectivity index (χ4n) is 2.71. The molecule has 0 aliphatic carbocycles. The minimum absolute atomic E-state index is 0.105.